The van der Waals surface area contributed by atoms with Crippen molar-refractivity contribution in [2.75, 3.05) is 11.1 Å². The summed E-state index contributed by atoms with van der Waals surface area (Å²) in [5.74, 6) is 1.09. The first-order valence-corrected chi connectivity index (χ1v) is 5.37. The topological polar surface area (TPSA) is 73.1 Å². The third-order valence-electron chi connectivity index (χ3n) is 2.68. The summed E-state index contributed by atoms with van der Waals surface area (Å²) < 4.78 is 5.36. The molecule has 3 N–H and O–H groups in total. The molecular weight excluding hydrogens is 216 g/mol. The predicted molar refractivity (Wildman–Crippen MR) is 64.7 cm³/mol. The molecule has 1 aliphatic heterocycles. The molecule has 3 rings (SSSR count). The van der Waals surface area contributed by atoms with Gasteiger partial charge in [-0.1, -0.05) is 6.07 Å². The summed E-state index contributed by atoms with van der Waals surface area (Å²) in [6.07, 6.45) is 0. The molecule has 0 fully saturated rings. The normalized spacial score (nSPS) is 13.4. The van der Waals surface area contributed by atoms with Crippen molar-refractivity contribution in [1.29, 1.82) is 0 Å². The summed E-state index contributed by atoms with van der Waals surface area (Å²) in [7, 11) is 0. The van der Waals surface area contributed by atoms with E-state index in [-0.39, 0.29) is 0 Å². The first-order valence-electron chi connectivity index (χ1n) is 5.37. The lowest BCUT2D eigenvalue weighted by molar-refractivity contribution is 0.134. The van der Waals surface area contributed by atoms with Gasteiger partial charge in [-0.2, -0.15) is 0 Å². The molecule has 17 heavy (non-hydrogen) atoms. The van der Waals surface area contributed by atoms with E-state index in [1.165, 1.54) is 11.1 Å². The first kappa shape index (κ1) is 10.0. The summed E-state index contributed by atoms with van der Waals surface area (Å²) in [5, 5.41) is 10.9. The highest BCUT2D eigenvalue weighted by Crippen LogP contribution is 2.24. The van der Waals surface area contributed by atoms with Gasteiger partial charge in [0.1, 0.15) is 5.82 Å². The van der Waals surface area contributed by atoms with Gasteiger partial charge in [0.2, 0.25) is 0 Å². The summed E-state index contributed by atoms with van der Waals surface area (Å²) in [5.41, 5.74) is 8.93. The average molecular weight is 228 g/mol. The van der Waals surface area contributed by atoms with Crippen LogP contribution in [-0.4, -0.2) is 10.2 Å². The fourth-order valence-corrected chi connectivity index (χ4v) is 1.81. The van der Waals surface area contributed by atoms with E-state index in [4.69, 9.17) is 10.5 Å². The van der Waals surface area contributed by atoms with Crippen LogP contribution in [0.4, 0.5) is 17.3 Å². The second kappa shape index (κ2) is 4.03. The molecule has 5 nitrogen and oxygen atoms in total. The second-order valence-corrected chi connectivity index (χ2v) is 3.94. The van der Waals surface area contributed by atoms with E-state index in [2.05, 4.69) is 27.6 Å². The van der Waals surface area contributed by atoms with Crippen LogP contribution >= 0.6 is 0 Å². The molecule has 1 aliphatic rings. The lowest BCUT2D eigenvalue weighted by Gasteiger charge is -2.06. The molecule has 0 radical (unpaired) electrons. The monoisotopic (exact) mass is 228 g/mol. The van der Waals surface area contributed by atoms with Crippen molar-refractivity contribution in [3.05, 3.63) is 41.5 Å². The largest absolute Gasteiger partial charge is 0.382 e. The Morgan fingerprint density at radius 1 is 1.06 bits per heavy atom. The van der Waals surface area contributed by atoms with Gasteiger partial charge in [-0.15, -0.1) is 10.2 Å². The minimum atomic E-state index is 0.415. The quantitative estimate of drug-likeness (QED) is 0.820. The highest BCUT2D eigenvalue weighted by Gasteiger charge is 2.11. The average Bonchev–Trinajstić information content (AvgIpc) is 2.79. The molecule has 5 heteroatoms. The number of fused-ring (bicyclic) bond motifs is 1. The number of rotatable bonds is 2. The standard InChI is InChI=1S/C12H12N4O/c13-11-3-4-12(16-15-11)14-10-2-1-8-6-17-7-9(8)5-10/h1-5H,6-7H2,(H2,13,15)(H,14,16). The Balaban J connectivity index is 1.83. The molecule has 1 aromatic carbocycles. The maximum Gasteiger partial charge on any atom is 0.153 e. The Labute approximate surface area is 98.6 Å². The molecule has 0 saturated carbocycles. The first-order chi connectivity index (χ1) is 8.31. The number of ether oxygens (including phenoxy) is 1. The Hall–Kier alpha value is -2.14. The van der Waals surface area contributed by atoms with E-state index in [0.717, 1.165) is 5.69 Å². The van der Waals surface area contributed by atoms with Gasteiger partial charge in [0, 0.05) is 5.69 Å². The Morgan fingerprint density at radius 2 is 1.94 bits per heavy atom. The highest BCUT2D eigenvalue weighted by molar-refractivity contribution is 5.58. The lowest BCUT2D eigenvalue weighted by atomic mass is 10.1. The fourth-order valence-electron chi connectivity index (χ4n) is 1.81. The van der Waals surface area contributed by atoms with Crippen LogP contribution in [-0.2, 0) is 18.0 Å². The summed E-state index contributed by atoms with van der Waals surface area (Å²) in [6, 6.07) is 9.65. The van der Waals surface area contributed by atoms with Crippen LogP contribution < -0.4 is 11.1 Å². The maximum atomic E-state index is 5.48. The molecule has 0 unspecified atom stereocenters. The maximum absolute atomic E-state index is 5.48. The zero-order chi connectivity index (χ0) is 11.7. The molecule has 86 valence electrons. The van der Waals surface area contributed by atoms with Gasteiger partial charge in [-0.3, -0.25) is 0 Å². The van der Waals surface area contributed by atoms with Crippen molar-refractivity contribution in [1.82, 2.24) is 10.2 Å². The molecule has 1 aromatic heterocycles. The van der Waals surface area contributed by atoms with Crippen LogP contribution in [0.15, 0.2) is 30.3 Å². The van der Waals surface area contributed by atoms with Crippen LogP contribution in [0.1, 0.15) is 11.1 Å². The van der Waals surface area contributed by atoms with Crippen LogP contribution in [0.3, 0.4) is 0 Å². The molecule has 0 aliphatic carbocycles. The Morgan fingerprint density at radius 3 is 2.76 bits per heavy atom. The van der Waals surface area contributed by atoms with E-state index in [0.29, 0.717) is 24.8 Å². The van der Waals surface area contributed by atoms with Gasteiger partial charge in [-0.25, -0.2) is 0 Å². The van der Waals surface area contributed by atoms with E-state index in [1.54, 1.807) is 12.1 Å². The van der Waals surface area contributed by atoms with E-state index >= 15 is 0 Å². The van der Waals surface area contributed by atoms with Crippen molar-refractivity contribution in [3.63, 3.8) is 0 Å². The van der Waals surface area contributed by atoms with Gasteiger partial charge in [0.05, 0.1) is 13.2 Å². The van der Waals surface area contributed by atoms with Gasteiger partial charge in [0.15, 0.2) is 5.82 Å². The van der Waals surface area contributed by atoms with Crippen molar-refractivity contribution in [3.8, 4) is 0 Å². The van der Waals surface area contributed by atoms with E-state index < -0.39 is 0 Å². The van der Waals surface area contributed by atoms with Crippen molar-refractivity contribution in [2.45, 2.75) is 13.2 Å². The summed E-state index contributed by atoms with van der Waals surface area (Å²) in [4.78, 5) is 0. The smallest absolute Gasteiger partial charge is 0.153 e. The zero-order valence-electron chi connectivity index (χ0n) is 9.18. The zero-order valence-corrected chi connectivity index (χ0v) is 9.18. The molecule has 0 spiro atoms. The van der Waals surface area contributed by atoms with Crippen molar-refractivity contribution >= 4 is 17.3 Å². The minimum absolute atomic E-state index is 0.415. The molecular formula is C12H12N4O. The molecule has 2 heterocycles. The number of nitrogens with one attached hydrogen (secondary N) is 1. The van der Waals surface area contributed by atoms with E-state index in [9.17, 15) is 0 Å². The number of nitrogen functional groups attached to an aromatic ring is 1. The fraction of sp³-hybridized carbons (Fsp3) is 0.167. The van der Waals surface area contributed by atoms with Crippen molar-refractivity contribution in [2.24, 2.45) is 0 Å². The SMILES string of the molecule is Nc1ccc(Nc2ccc3c(c2)COC3)nn1. The number of nitrogens with zero attached hydrogens (tertiary/aromatic N) is 2. The minimum Gasteiger partial charge on any atom is -0.382 e. The number of benzene rings is 1. The second-order valence-electron chi connectivity index (χ2n) is 3.94. The number of aromatic nitrogens is 2. The molecule has 0 bridgehead atoms. The van der Waals surface area contributed by atoms with Crippen LogP contribution in [0.5, 0.6) is 0 Å². The highest BCUT2D eigenvalue weighted by atomic mass is 16.5. The third kappa shape index (κ3) is 2.05. The van der Waals surface area contributed by atoms with Gasteiger partial charge >= 0.3 is 0 Å². The summed E-state index contributed by atoms with van der Waals surface area (Å²) in [6.45, 7) is 1.38. The van der Waals surface area contributed by atoms with Crippen molar-refractivity contribution < 1.29 is 4.74 Å². The predicted octanol–water partition coefficient (Wildman–Crippen LogP) is 1.83. The molecule has 0 amide bonds. The molecule has 0 saturated heterocycles. The number of hydrogen-bond donors (Lipinski definition) is 2. The van der Waals surface area contributed by atoms with Gasteiger partial charge < -0.3 is 15.8 Å². The van der Waals surface area contributed by atoms with Gasteiger partial charge in [-0.05, 0) is 35.4 Å². The third-order valence-corrected chi connectivity index (χ3v) is 2.68. The Bertz CT molecular complexity index is 539. The van der Waals surface area contributed by atoms with Crippen LogP contribution in [0.2, 0.25) is 0 Å². The molecule has 0 atom stereocenters. The van der Waals surface area contributed by atoms with Crippen LogP contribution in [0.25, 0.3) is 0 Å². The Kier molecular flexibility index (Phi) is 2.38. The lowest BCUT2D eigenvalue weighted by Crippen LogP contribution is -1.98. The summed E-state index contributed by atoms with van der Waals surface area (Å²) >= 11 is 0. The van der Waals surface area contributed by atoms with Crippen LogP contribution in [0, 0.1) is 0 Å². The van der Waals surface area contributed by atoms with Gasteiger partial charge in [0.25, 0.3) is 0 Å². The molecule has 2 aromatic rings. The number of hydrogen-bond acceptors (Lipinski definition) is 5. The number of anilines is 3. The number of nitrogens with two attached hydrogens (primary N) is 1. The van der Waals surface area contributed by atoms with E-state index in [1.807, 2.05) is 6.07 Å².